The van der Waals surface area contributed by atoms with Gasteiger partial charge in [-0.1, -0.05) is 0 Å². The van der Waals surface area contributed by atoms with Crippen molar-refractivity contribution in [2.24, 2.45) is 11.5 Å². The zero-order valence-electron chi connectivity index (χ0n) is 16.9. The molecule has 0 bridgehead atoms. The van der Waals surface area contributed by atoms with Gasteiger partial charge in [-0.05, 0) is 94.7 Å². The Balaban J connectivity index is 4.25. The topological polar surface area (TPSA) is 67.7 Å². The summed E-state index contributed by atoms with van der Waals surface area (Å²) in [6.07, 6.45) is 3.96. The van der Waals surface area contributed by atoms with Gasteiger partial charge in [0.2, 0.25) is 0 Å². The Morgan fingerprint density at radius 3 is 1.35 bits per heavy atom. The molecule has 4 N–H and O–H groups in total. The van der Waals surface area contributed by atoms with Gasteiger partial charge in [0.15, 0.2) is 0 Å². The van der Waals surface area contributed by atoms with Crippen LogP contribution in [0.25, 0.3) is 0 Å². The summed E-state index contributed by atoms with van der Waals surface area (Å²) >= 11 is 0. The zero-order valence-corrected chi connectivity index (χ0v) is 16.9. The number of nitrogens with zero attached hydrogens (tertiary/aromatic N) is 2. The first kappa shape index (κ1) is 22.8. The van der Waals surface area contributed by atoms with Crippen molar-refractivity contribution in [3.8, 4) is 0 Å². The Morgan fingerprint density at radius 2 is 1.09 bits per heavy atom. The SMILES string of the molecule is CC(CC(C)(N)CCN(C)C)OC(C)CC(C)(N)CCN(C)C. The number of hydrogen-bond acceptors (Lipinski definition) is 5. The smallest absolute Gasteiger partial charge is 0.0568 e. The van der Waals surface area contributed by atoms with E-state index in [1.807, 2.05) is 0 Å². The van der Waals surface area contributed by atoms with E-state index >= 15 is 0 Å². The lowest BCUT2D eigenvalue weighted by Crippen LogP contribution is -2.44. The number of ether oxygens (including phenoxy) is 1. The third-order valence-corrected chi connectivity index (χ3v) is 4.23. The highest BCUT2D eigenvalue weighted by atomic mass is 16.5. The minimum absolute atomic E-state index is 0.145. The molecule has 4 unspecified atom stereocenters. The zero-order chi connectivity index (χ0) is 18.3. The van der Waals surface area contributed by atoms with Gasteiger partial charge in [0.05, 0.1) is 12.2 Å². The molecule has 4 atom stereocenters. The molecule has 0 aromatic carbocycles. The molecule has 23 heavy (non-hydrogen) atoms. The van der Waals surface area contributed by atoms with Crippen LogP contribution in [0.1, 0.15) is 53.4 Å². The largest absolute Gasteiger partial charge is 0.375 e. The van der Waals surface area contributed by atoms with Crippen molar-refractivity contribution >= 4 is 0 Å². The summed E-state index contributed by atoms with van der Waals surface area (Å²) in [6, 6.07) is 0. The van der Waals surface area contributed by atoms with Crippen molar-refractivity contribution in [3.05, 3.63) is 0 Å². The Morgan fingerprint density at radius 1 is 0.783 bits per heavy atom. The molecule has 0 aliphatic rings. The lowest BCUT2D eigenvalue weighted by Gasteiger charge is -2.33. The van der Waals surface area contributed by atoms with Crippen LogP contribution >= 0.6 is 0 Å². The van der Waals surface area contributed by atoms with Crippen LogP contribution in [0.2, 0.25) is 0 Å². The van der Waals surface area contributed by atoms with Crippen LogP contribution in [-0.2, 0) is 4.74 Å². The van der Waals surface area contributed by atoms with Crippen molar-refractivity contribution in [2.75, 3.05) is 41.3 Å². The molecule has 0 fully saturated rings. The summed E-state index contributed by atoms with van der Waals surface area (Å²) in [5.74, 6) is 0. The molecule has 0 amide bonds. The molecular formula is C18H42N4O. The third kappa shape index (κ3) is 12.8. The summed E-state index contributed by atoms with van der Waals surface area (Å²) in [5, 5.41) is 0. The van der Waals surface area contributed by atoms with Gasteiger partial charge in [-0.3, -0.25) is 0 Å². The summed E-state index contributed by atoms with van der Waals surface area (Å²) in [4.78, 5) is 4.34. The van der Waals surface area contributed by atoms with E-state index in [1.54, 1.807) is 0 Å². The van der Waals surface area contributed by atoms with Crippen LogP contribution in [0, 0.1) is 0 Å². The number of rotatable bonds is 12. The second-order valence-corrected chi connectivity index (χ2v) is 8.58. The van der Waals surface area contributed by atoms with E-state index in [4.69, 9.17) is 16.2 Å². The molecule has 5 nitrogen and oxygen atoms in total. The van der Waals surface area contributed by atoms with Crippen molar-refractivity contribution in [1.29, 1.82) is 0 Å². The minimum Gasteiger partial charge on any atom is -0.375 e. The fourth-order valence-electron chi connectivity index (χ4n) is 2.97. The van der Waals surface area contributed by atoms with Gasteiger partial charge in [0, 0.05) is 11.1 Å². The molecule has 0 saturated heterocycles. The average Bonchev–Trinajstić information content (AvgIpc) is 2.32. The van der Waals surface area contributed by atoms with Crippen molar-refractivity contribution in [2.45, 2.75) is 76.7 Å². The third-order valence-electron chi connectivity index (χ3n) is 4.23. The fraction of sp³-hybridized carbons (Fsp3) is 1.00. The Hall–Kier alpha value is -0.200. The normalized spacial score (nSPS) is 20.3. The maximum absolute atomic E-state index is 6.41. The van der Waals surface area contributed by atoms with Crippen LogP contribution in [0.4, 0.5) is 0 Å². The predicted octanol–water partition coefficient (Wildman–Crippen LogP) is 1.90. The molecule has 0 aromatic heterocycles. The van der Waals surface area contributed by atoms with Gasteiger partial charge in [-0.25, -0.2) is 0 Å². The molecule has 0 aromatic rings. The Bertz CT molecular complexity index is 286. The number of nitrogens with two attached hydrogens (primary N) is 2. The molecule has 0 saturated carbocycles. The molecule has 140 valence electrons. The molecule has 0 aliphatic heterocycles. The fourth-order valence-corrected chi connectivity index (χ4v) is 2.97. The van der Waals surface area contributed by atoms with E-state index in [-0.39, 0.29) is 23.3 Å². The second kappa shape index (κ2) is 9.94. The highest BCUT2D eigenvalue weighted by Crippen LogP contribution is 2.21. The molecule has 0 aliphatic carbocycles. The van der Waals surface area contributed by atoms with Crippen LogP contribution in [-0.4, -0.2) is 74.4 Å². The summed E-state index contributed by atoms with van der Waals surface area (Å²) in [6.45, 7) is 10.5. The van der Waals surface area contributed by atoms with E-state index in [1.165, 1.54) is 0 Å². The Labute approximate surface area is 144 Å². The van der Waals surface area contributed by atoms with E-state index in [2.05, 4.69) is 65.7 Å². The van der Waals surface area contributed by atoms with Gasteiger partial charge < -0.3 is 26.0 Å². The van der Waals surface area contributed by atoms with Gasteiger partial charge in [0.25, 0.3) is 0 Å². The lowest BCUT2D eigenvalue weighted by atomic mass is 9.90. The summed E-state index contributed by atoms with van der Waals surface area (Å²) in [5.41, 5.74) is 12.4. The second-order valence-electron chi connectivity index (χ2n) is 8.58. The van der Waals surface area contributed by atoms with Crippen LogP contribution in [0.3, 0.4) is 0 Å². The van der Waals surface area contributed by atoms with Gasteiger partial charge in [-0.2, -0.15) is 0 Å². The molecule has 5 heteroatoms. The first-order valence-corrected chi connectivity index (χ1v) is 8.86. The first-order chi connectivity index (χ1) is 10.3. The van der Waals surface area contributed by atoms with Crippen LogP contribution in [0.15, 0.2) is 0 Å². The monoisotopic (exact) mass is 330 g/mol. The van der Waals surface area contributed by atoms with Gasteiger partial charge in [-0.15, -0.1) is 0 Å². The highest BCUT2D eigenvalue weighted by molar-refractivity contribution is 4.84. The maximum Gasteiger partial charge on any atom is 0.0568 e. The van der Waals surface area contributed by atoms with Gasteiger partial charge >= 0.3 is 0 Å². The molecular weight excluding hydrogens is 288 g/mol. The first-order valence-electron chi connectivity index (χ1n) is 8.86. The quantitative estimate of drug-likeness (QED) is 0.572. The van der Waals surface area contributed by atoms with E-state index < -0.39 is 0 Å². The van der Waals surface area contributed by atoms with Crippen molar-refractivity contribution < 1.29 is 4.74 Å². The Kier molecular flexibility index (Phi) is 9.86. The lowest BCUT2D eigenvalue weighted by molar-refractivity contribution is -0.0204. The predicted molar refractivity (Wildman–Crippen MR) is 101 cm³/mol. The molecule has 0 heterocycles. The van der Waals surface area contributed by atoms with E-state index in [0.29, 0.717) is 0 Å². The van der Waals surface area contributed by atoms with Crippen molar-refractivity contribution in [1.82, 2.24) is 9.80 Å². The maximum atomic E-state index is 6.41. The van der Waals surface area contributed by atoms with E-state index in [0.717, 1.165) is 38.8 Å². The van der Waals surface area contributed by atoms with Gasteiger partial charge in [0.1, 0.15) is 0 Å². The summed E-state index contributed by atoms with van der Waals surface area (Å²) in [7, 11) is 8.31. The minimum atomic E-state index is -0.194. The molecule has 0 spiro atoms. The highest BCUT2D eigenvalue weighted by Gasteiger charge is 2.26. The van der Waals surface area contributed by atoms with E-state index in [9.17, 15) is 0 Å². The number of hydrogen-bond donors (Lipinski definition) is 2. The van der Waals surface area contributed by atoms with Crippen molar-refractivity contribution in [3.63, 3.8) is 0 Å². The average molecular weight is 331 g/mol. The van der Waals surface area contributed by atoms with Crippen LogP contribution in [0.5, 0.6) is 0 Å². The standard InChI is InChI=1S/C18H42N4O/c1-15(13-17(3,19)9-11-21(5)6)23-16(2)14-18(4,20)10-12-22(7)8/h15-16H,9-14,19-20H2,1-8H3. The molecule has 0 radical (unpaired) electrons. The summed E-state index contributed by atoms with van der Waals surface area (Å²) < 4.78 is 6.15. The molecule has 0 rings (SSSR count). The van der Waals surface area contributed by atoms with Crippen LogP contribution < -0.4 is 11.5 Å².